The molecule has 0 radical (unpaired) electrons. The Hall–Kier alpha value is -2.60. The molecule has 0 bridgehead atoms. The van der Waals surface area contributed by atoms with Crippen molar-refractivity contribution < 1.29 is 9.53 Å². The molecular formula is C22H27N3O2S. The molecule has 0 unspecified atom stereocenters. The predicted octanol–water partition coefficient (Wildman–Crippen LogP) is 3.99. The zero-order chi connectivity index (χ0) is 19.9. The molecule has 0 spiro atoms. The summed E-state index contributed by atoms with van der Waals surface area (Å²) in [5.74, 6) is -0.329. The van der Waals surface area contributed by atoms with Crippen LogP contribution >= 0.6 is 12.2 Å². The van der Waals surface area contributed by atoms with Gasteiger partial charge >= 0.3 is 5.97 Å². The highest BCUT2D eigenvalue weighted by Crippen LogP contribution is 2.31. The Kier molecular flexibility index (Phi) is 6.87. The Balaban J connectivity index is 1.44. The molecule has 2 aromatic carbocycles. The Bertz CT molecular complexity index is 840. The van der Waals surface area contributed by atoms with E-state index in [2.05, 4.69) is 46.7 Å². The van der Waals surface area contributed by atoms with E-state index in [1.54, 1.807) is 19.1 Å². The van der Waals surface area contributed by atoms with Crippen molar-refractivity contribution in [2.45, 2.75) is 32.7 Å². The summed E-state index contributed by atoms with van der Waals surface area (Å²) in [5, 5.41) is 6.93. The number of anilines is 2. The van der Waals surface area contributed by atoms with E-state index in [9.17, 15) is 4.79 Å². The molecule has 1 atom stereocenters. The quantitative estimate of drug-likeness (QED) is 0.419. The van der Waals surface area contributed by atoms with Gasteiger partial charge in [0.25, 0.3) is 0 Å². The lowest BCUT2D eigenvalue weighted by Crippen LogP contribution is -2.34. The molecule has 1 aliphatic heterocycles. The normalized spacial score (nSPS) is 15.1. The van der Waals surface area contributed by atoms with Crippen molar-refractivity contribution in [3.63, 3.8) is 0 Å². The first-order chi connectivity index (χ1) is 13.6. The first-order valence-corrected chi connectivity index (χ1v) is 10.2. The molecule has 5 nitrogen and oxygen atoms in total. The van der Waals surface area contributed by atoms with Crippen LogP contribution < -0.4 is 15.5 Å². The predicted molar refractivity (Wildman–Crippen MR) is 118 cm³/mol. The van der Waals surface area contributed by atoms with Crippen LogP contribution in [0.25, 0.3) is 0 Å². The molecule has 0 aromatic heterocycles. The van der Waals surface area contributed by atoms with Crippen molar-refractivity contribution in [2.75, 3.05) is 29.9 Å². The number of carbonyl (C=O) groups excluding carboxylic acids is 1. The van der Waals surface area contributed by atoms with Crippen molar-refractivity contribution in [1.82, 2.24) is 5.32 Å². The number of benzene rings is 2. The number of nitrogens with zero attached hydrogens (tertiary/aromatic N) is 1. The van der Waals surface area contributed by atoms with Gasteiger partial charge in [-0.15, -0.1) is 0 Å². The van der Waals surface area contributed by atoms with Crippen molar-refractivity contribution in [3.05, 3.63) is 59.7 Å². The smallest absolute Gasteiger partial charge is 0.338 e. The zero-order valence-corrected chi connectivity index (χ0v) is 17.2. The van der Waals surface area contributed by atoms with Gasteiger partial charge in [-0.25, -0.2) is 4.79 Å². The van der Waals surface area contributed by atoms with Gasteiger partial charge < -0.3 is 20.3 Å². The Morgan fingerprint density at radius 1 is 1.25 bits per heavy atom. The van der Waals surface area contributed by atoms with Crippen LogP contribution in [0.5, 0.6) is 0 Å². The number of thiocarbonyl (C=S) groups is 1. The first kappa shape index (κ1) is 20.1. The Morgan fingerprint density at radius 3 is 2.89 bits per heavy atom. The highest BCUT2D eigenvalue weighted by Gasteiger charge is 2.24. The van der Waals surface area contributed by atoms with Crippen LogP contribution in [-0.4, -0.2) is 36.8 Å². The second kappa shape index (κ2) is 9.55. The molecule has 2 aromatic rings. The molecule has 28 heavy (non-hydrogen) atoms. The van der Waals surface area contributed by atoms with Gasteiger partial charge in [0.2, 0.25) is 0 Å². The summed E-state index contributed by atoms with van der Waals surface area (Å²) in [7, 11) is 0. The molecule has 1 heterocycles. The molecule has 1 aliphatic rings. The van der Waals surface area contributed by atoms with Crippen LogP contribution in [0, 0.1) is 0 Å². The van der Waals surface area contributed by atoms with Crippen molar-refractivity contribution >= 4 is 34.7 Å². The molecule has 0 aliphatic carbocycles. The zero-order valence-electron chi connectivity index (χ0n) is 16.4. The van der Waals surface area contributed by atoms with E-state index < -0.39 is 0 Å². The summed E-state index contributed by atoms with van der Waals surface area (Å²) >= 11 is 5.38. The van der Waals surface area contributed by atoms with Crippen LogP contribution in [0.4, 0.5) is 11.4 Å². The second-order valence-corrected chi connectivity index (χ2v) is 7.32. The number of hydrogen-bond donors (Lipinski definition) is 2. The Morgan fingerprint density at radius 2 is 2.07 bits per heavy atom. The molecule has 3 rings (SSSR count). The van der Waals surface area contributed by atoms with E-state index >= 15 is 0 Å². The molecule has 2 N–H and O–H groups in total. The molecular weight excluding hydrogens is 370 g/mol. The van der Waals surface area contributed by atoms with Crippen molar-refractivity contribution in [2.24, 2.45) is 0 Å². The van der Waals surface area contributed by atoms with Gasteiger partial charge in [0, 0.05) is 30.5 Å². The Labute approximate surface area is 172 Å². The molecule has 0 amide bonds. The van der Waals surface area contributed by atoms with Gasteiger partial charge in [0.15, 0.2) is 5.11 Å². The number of fused-ring (bicyclic) bond motifs is 1. The maximum Gasteiger partial charge on any atom is 0.338 e. The fourth-order valence-corrected chi connectivity index (χ4v) is 3.76. The van der Waals surface area contributed by atoms with E-state index in [4.69, 9.17) is 17.0 Å². The third kappa shape index (κ3) is 5.01. The number of nitrogens with one attached hydrogen (secondary N) is 2. The minimum atomic E-state index is -0.329. The van der Waals surface area contributed by atoms with Gasteiger partial charge in [0.05, 0.1) is 12.2 Å². The molecule has 0 fully saturated rings. The summed E-state index contributed by atoms with van der Waals surface area (Å²) in [5.41, 5.74) is 4.06. The average Bonchev–Trinajstić information content (AvgIpc) is 3.01. The highest BCUT2D eigenvalue weighted by molar-refractivity contribution is 7.80. The monoisotopic (exact) mass is 397 g/mol. The van der Waals surface area contributed by atoms with Crippen LogP contribution in [0.1, 0.15) is 36.2 Å². The first-order valence-electron chi connectivity index (χ1n) is 9.75. The number of rotatable bonds is 7. The van der Waals surface area contributed by atoms with Crippen molar-refractivity contribution in [3.8, 4) is 0 Å². The third-order valence-corrected chi connectivity index (χ3v) is 5.09. The minimum absolute atomic E-state index is 0.329. The van der Waals surface area contributed by atoms with Gasteiger partial charge in [0.1, 0.15) is 0 Å². The third-order valence-electron chi connectivity index (χ3n) is 4.84. The maximum atomic E-state index is 11.8. The van der Waals surface area contributed by atoms with E-state index in [0.717, 1.165) is 31.6 Å². The summed E-state index contributed by atoms with van der Waals surface area (Å²) in [4.78, 5) is 14.3. The van der Waals surface area contributed by atoms with Crippen LogP contribution in [-0.2, 0) is 11.2 Å². The van der Waals surface area contributed by atoms with Crippen LogP contribution in [0.3, 0.4) is 0 Å². The summed E-state index contributed by atoms with van der Waals surface area (Å²) in [6.45, 7) is 6.20. The fraction of sp³-hybridized carbons (Fsp3) is 0.364. The van der Waals surface area contributed by atoms with Crippen LogP contribution in [0.2, 0.25) is 0 Å². The van der Waals surface area contributed by atoms with E-state index in [-0.39, 0.29) is 5.97 Å². The van der Waals surface area contributed by atoms with E-state index in [0.29, 0.717) is 23.3 Å². The van der Waals surface area contributed by atoms with Gasteiger partial charge in [-0.3, -0.25) is 0 Å². The van der Waals surface area contributed by atoms with Crippen molar-refractivity contribution in [1.29, 1.82) is 0 Å². The average molecular weight is 398 g/mol. The second-order valence-electron chi connectivity index (χ2n) is 6.91. The fourth-order valence-electron chi connectivity index (χ4n) is 3.54. The van der Waals surface area contributed by atoms with Gasteiger partial charge in [-0.2, -0.15) is 0 Å². The minimum Gasteiger partial charge on any atom is -0.462 e. The number of carbonyl (C=O) groups is 1. The number of esters is 1. The molecule has 6 heteroatoms. The lowest BCUT2D eigenvalue weighted by molar-refractivity contribution is 0.0526. The summed E-state index contributed by atoms with van der Waals surface area (Å²) in [6.07, 6.45) is 2.10. The van der Waals surface area contributed by atoms with E-state index in [1.807, 2.05) is 12.1 Å². The van der Waals surface area contributed by atoms with E-state index in [1.165, 1.54) is 11.3 Å². The SMILES string of the molecule is CCOC(=O)c1cccc(NC(=S)NCCCN2c3ccccc3C[C@@H]2C)c1. The molecule has 0 saturated carbocycles. The van der Waals surface area contributed by atoms with Gasteiger partial charge in [-0.05, 0) is 68.7 Å². The molecule has 148 valence electrons. The number of ether oxygens (including phenoxy) is 1. The lowest BCUT2D eigenvalue weighted by atomic mass is 10.1. The largest absolute Gasteiger partial charge is 0.462 e. The number of para-hydroxylation sites is 1. The van der Waals surface area contributed by atoms with Gasteiger partial charge in [-0.1, -0.05) is 24.3 Å². The standard InChI is InChI=1S/C22H27N3O2S/c1-3-27-21(26)18-9-6-10-19(15-18)24-22(28)23-12-7-13-25-16(2)14-17-8-4-5-11-20(17)25/h4-6,8-11,15-16H,3,7,12-14H2,1-2H3,(H2,23,24,28)/t16-/m0/s1. The lowest BCUT2D eigenvalue weighted by Gasteiger charge is -2.25. The topological polar surface area (TPSA) is 53.6 Å². The highest BCUT2D eigenvalue weighted by atomic mass is 32.1. The summed E-state index contributed by atoms with van der Waals surface area (Å²) in [6, 6.07) is 16.3. The maximum absolute atomic E-state index is 11.8. The number of hydrogen-bond acceptors (Lipinski definition) is 4. The van der Waals surface area contributed by atoms with Crippen LogP contribution in [0.15, 0.2) is 48.5 Å². The summed E-state index contributed by atoms with van der Waals surface area (Å²) < 4.78 is 5.03. The molecule has 0 saturated heterocycles.